The lowest BCUT2D eigenvalue weighted by molar-refractivity contribution is 0.143. The van der Waals surface area contributed by atoms with Crippen molar-refractivity contribution >= 4 is 12.4 Å². The Morgan fingerprint density at radius 3 is 3.00 bits per heavy atom. The van der Waals surface area contributed by atoms with Gasteiger partial charge in [0, 0.05) is 24.7 Å². The van der Waals surface area contributed by atoms with Gasteiger partial charge in [-0.05, 0) is 37.6 Å². The molecule has 0 saturated carbocycles. The molecule has 2 heterocycles. The third kappa shape index (κ3) is 3.85. The van der Waals surface area contributed by atoms with Gasteiger partial charge in [0.25, 0.3) is 0 Å². The summed E-state index contributed by atoms with van der Waals surface area (Å²) < 4.78 is 18.7. The Labute approximate surface area is 135 Å². The highest BCUT2D eigenvalue weighted by Gasteiger charge is 2.22. The number of likely N-dealkylation sites (tertiary alicyclic amines) is 1. The monoisotopic (exact) mass is 325 g/mol. The first-order valence-corrected chi connectivity index (χ1v) is 7.41. The van der Waals surface area contributed by atoms with Gasteiger partial charge in [0.05, 0.1) is 5.69 Å². The zero-order chi connectivity index (χ0) is 14.7. The van der Waals surface area contributed by atoms with Crippen LogP contribution in [0.2, 0.25) is 0 Å². The van der Waals surface area contributed by atoms with Crippen molar-refractivity contribution in [3.8, 4) is 11.5 Å². The molecule has 2 aromatic rings. The lowest BCUT2D eigenvalue weighted by Gasteiger charge is -2.34. The molecule has 3 rings (SSSR count). The third-order valence-corrected chi connectivity index (χ3v) is 4.01. The van der Waals surface area contributed by atoms with E-state index in [0.717, 1.165) is 25.2 Å². The van der Waals surface area contributed by atoms with Crippen LogP contribution < -0.4 is 5.73 Å². The van der Waals surface area contributed by atoms with Crippen molar-refractivity contribution in [3.63, 3.8) is 0 Å². The van der Waals surface area contributed by atoms with E-state index in [1.54, 1.807) is 18.4 Å². The highest BCUT2D eigenvalue weighted by atomic mass is 35.5. The fourth-order valence-electron chi connectivity index (χ4n) is 2.88. The SMILES string of the molecule is Cl.NCC1CCCCN1Cc1coc(-c2cccc(F)c2)n1. The minimum atomic E-state index is -0.286. The number of hydrogen-bond donors (Lipinski definition) is 1. The molecule has 1 unspecified atom stereocenters. The van der Waals surface area contributed by atoms with Crippen LogP contribution in [0.3, 0.4) is 0 Å². The van der Waals surface area contributed by atoms with Gasteiger partial charge in [0.1, 0.15) is 12.1 Å². The van der Waals surface area contributed by atoms with E-state index in [2.05, 4.69) is 9.88 Å². The molecule has 2 N–H and O–H groups in total. The molecule has 6 heteroatoms. The lowest BCUT2D eigenvalue weighted by atomic mass is 10.0. The maximum Gasteiger partial charge on any atom is 0.226 e. The number of hydrogen-bond acceptors (Lipinski definition) is 4. The van der Waals surface area contributed by atoms with Crippen LogP contribution in [0.5, 0.6) is 0 Å². The van der Waals surface area contributed by atoms with E-state index in [4.69, 9.17) is 10.2 Å². The average molecular weight is 326 g/mol. The van der Waals surface area contributed by atoms with Crippen LogP contribution in [0.4, 0.5) is 4.39 Å². The summed E-state index contributed by atoms with van der Waals surface area (Å²) in [6.45, 7) is 2.46. The number of aromatic nitrogens is 1. The number of nitrogens with zero attached hydrogens (tertiary/aromatic N) is 2. The number of halogens is 2. The van der Waals surface area contributed by atoms with Gasteiger partial charge in [-0.2, -0.15) is 0 Å². The Morgan fingerprint density at radius 2 is 2.23 bits per heavy atom. The highest BCUT2D eigenvalue weighted by molar-refractivity contribution is 5.85. The van der Waals surface area contributed by atoms with Crippen LogP contribution in [0.15, 0.2) is 34.9 Å². The van der Waals surface area contributed by atoms with Gasteiger partial charge < -0.3 is 10.2 Å². The lowest BCUT2D eigenvalue weighted by Crippen LogP contribution is -2.43. The minimum absolute atomic E-state index is 0. The normalized spacial score (nSPS) is 18.9. The van der Waals surface area contributed by atoms with Gasteiger partial charge in [0.15, 0.2) is 0 Å². The van der Waals surface area contributed by atoms with Crippen LogP contribution >= 0.6 is 12.4 Å². The Bertz CT molecular complexity index is 605. The van der Waals surface area contributed by atoms with Crippen molar-refractivity contribution in [2.75, 3.05) is 13.1 Å². The van der Waals surface area contributed by atoms with Crippen LogP contribution in [-0.4, -0.2) is 29.0 Å². The van der Waals surface area contributed by atoms with Gasteiger partial charge in [-0.1, -0.05) is 12.5 Å². The summed E-state index contributed by atoms with van der Waals surface area (Å²) in [6, 6.07) is 6.71. The molecule has 0 bridgehead atoms. The van der Waals surface area contributed by atoms with Gasteiger partial charge in [0.2, 0.25) is 5.89 Å². The van der Waals surface area contributed by atoms with Crippen LogP contribution in [0, 0.1) is 5.82 Å². The number of nitrogens with two attached hydrogens (primary N) is 1. The molecule has 0 amide bonds. The minimum Gasteiger partial charge on any atom is -0.444 e. The molecule has 0 spiro atoms. The van der Waals surface area contributed by atoms with Crippen molar-refractivity contribution in [1.82, 2.24) is 9.88 Å². The molecule has 120 valence electrons. The van der Waals surface area contributed by atoms with Gasteiger partial charge >= 0.3 is 0 Å². The van der Waals surface area contributed by atoms with E-state index in [-0.39, 0.29) is 18.2 Å². The molecule has 1 atom stereocenters. The Balaban J connectivity index is 0.00000176. The van der Waals surface area contributed by atoms with Crippen molar-refractivity contribution in [3.05, 3.63) is 42.0 Å². The predicted octanol–water partition coefficient (Wildman–Crippen LogP) is 3.22. The average Bonchev–Trinajstić information content (AvgIpc) is 2.96. The molecule has 0 aliphatic carbocycles. The molecule has 1 aliphatic rings. The number of oxazole rings is 1. The van der Waals surface area contributed by atoms with Gasteiger partial charge in [-0.15, -0.1) is 12.4 Å². The van der Waals surface area contributed by atoms with E-state index in [1.807, 2.05) is 0 Å². The summed E-state index contributed by atoms with van der Waals surface area (Å²) in [5.74, 6) is 0.178. The van der Waals surface area contributed by atoms with Crippen LogP contribution in [-0.2, 0) is 6.54 Å². The zero-order valence-electron chi connectivity index (χ0n) is 12.4. The molecule has 22 heavy (non-hydrogen) atoms. The summed E-state index contributed by atoms with van der Waals surface area (Å²) in [5, 5.41) is 0. The third-order valence-electron chi connectivity index (χ3n) is 4.01. The Morgan fingerprint density at radius 1 is 1.36 bits per heavy atom. The Hall–Kier alpha value is -1.43. The maximum absolute atomic E-state index is 13.2. The summed E-state index contributed by atoms with van der Waals surface area (Å²) in [6.07, 6.45) is 5.24. The molecular formula is C16H21ClFN3O. The second-order valence-electron chi connectivity index (χ2n) is 5.51. The van der Waals surface area contributed by atoms with Crippen molar-refractivity contribution in [2.24, 2.45) is 5.73 Å². The number of rotatable bonds is 4. The van der Waals surface area contributed by atoms with Crippen LogP contribution in [0.1, 0.15) is 25.0 Å². The molecule has 1 saturated heterocycles. The second kappa shape index (κ2) is 7.72. The number of benzene rings is 1. The van der Waals surface area contributed by atoms with E-state index >= 15 is 0 Å². The summed E-state index contributed by atoms with van der Waals surface area (Å²) >= 11 is 0. The largest absolute Gasteiger partial charge is 0.444 e. The molecule has 1 fully saturated rings. The van der Waals surface area contributed by atoms with E-state index in [9.17, 15) is 4.39 Å². The quantitative estimate of drug-likeness (QED) is 0.937. The molecule has 0 radical (unpaired) electrons. The van der Waals surface area contributed by atoms with Crippen molar-refractivity contribution in [1.29, 1.82) is 0 Å². The smallest absolute Gasteiger partial charge is 0.226 e. The molecule has 1 aromatic carbocycles. The summed E-state index contributed by atoms with van der Waals surface area (Å²) in [4.78, 5) is 6.83. The fraction of sp³-hybridized carbons (Fsp3) is 0.438. The highest BCUT2D eigenvalue weighted by Crippen LogP contribution is 2.22. The number of piperidine rings is 1. The summed E-state index contributed by atoms with van der Waals surface area (Å²) in [5.41, 5.74) is 7.37. The van der Waals surface area contributed by atoms with Gasteiger partial charge in [-0.25, -0.2) is 9.37 Å². The van der Waals surface area contributed by atoms with Crippen molar-refractivity contribution in [2.45, 2.75) is 31.8 Å². The molecular weight excluding hydrogens is 305 g/mol. The maximum atomic E-state index is 13.2. The van der Waals surface area contributed by atoms with E-state index in [0.29, 0.717) is 24.0 Å². The van der Waals surface area contributed by atoms with Crippen molar-refractivity contribution < 1.29 is 8.81 Å². The second-order valence-corrected chi connectivity index (χ2v) is 5.51. The van der Waals surface area contributed by atoms with Crippen LogP contribution in [0.25, 0.3) is 11.5 Å². The molecule has 4 nitrogen and oxygen atoms in total. The first-order valence-electron chi connectivity index (χ1n) is 7.41. The fourth-order valence-corrected chi connectivity index (χ4v) is 2.88. The molecule has 1 aromatic heterocycles. The van der Waals surface area contributed by atoms with Gasteiger partial charge in [-0.3, -0.25) is 4.90 Å². The topological polar surface area (TPSA) is 55.3 Å². The zero-order valence-corrected chi connectivity index (χ0v) is 13.2. The summed E-state index contributed by atoms with van der Waals surface area (Å²) in [7, 11) is 0. The first kappa shape index (κ1) is 16.9. The Kier molecular flexibility index (Phi) is 5.94. The first-order chi connectivity index (χ1) is 10.3. The molecule has 1 aliphatic heterocycles. The van der Waals surface area contributed by atoms with E-state index < -0.39 is 0 Å². The standard InChI is InChI=1S/C16H20FN3O.ClH/c17-13-5-3-4-12(8-13)16-19-14(11-21-16)10-20-7-2-1-6-15(20)9-18;/h3-5,8,11,15H,1-2,6-7,9-10,18H2;1H. The predicted molar refractivity (Wildman–Crippen MR) is 86.2 cm³/mol. The van der Waals surface area contributed by atoms with E-state index in [1.165, 1.54) is 25.0 Å².